The van der Waals surface area contributed by atoms with Gasteiger partial charge in [0.05, 0.1) is 0 Å². The summed E-state index contributed by atoms with van der Waals surface area (Å²) in [5, 5.41) is 0. The number of hydrogen-bond acceptors (Lipinski definition) is 1. The molecule has 0 radical (unpaired) electrons. The van der Waals surface area contributed by atoms with E-state index in [1.807, 2.05) is 12.1 Å². The summed E-state index contributed by atoms with van der Waals surface area (Å²) in [5.41, 5.74) is 3.39. The van der Waals surface area contributed by atoms with Crippen molar-refractivity contribution in [2.75, 3.05) is 0 Å². The Labute approximate surface area is 71.7 Å². The molecule has 0 fully saturated rings. The van der Waals surface area contributed by atoms with E-state index in [-0.39, 0.29) is 5.78 Å². The predicted octanol–water partition coefficient (Wildman–Crippen LogP) is 2.15. The second kappa shape index (κ2) is 2.59. The van der Waals surface area contributed by atoms with Crippen LogP contribution < -0.4 is 0 Å². The van der Waals surface area contributed by atoms with Crippen LogP contribution in [0.25, 0.3) is 0 Å². The maximum absolute atomic E-state index is 11.3. The first kappa shape index (κ1) is 7.29. The first-order chi connectivity index (χ1) is 5.83. The van der Waals surface area contributed by atoms with E-state index in [4.69, 9.17) is 0 Å². The van der Waals surface area contributed by atoms with Crippen LogP contribution in [0, 0.1) is 0 Å². The van der Waals surface area contributed by atoms with Crippen LogP contribution in [0.15, 0.2) is 30.9 Å². The summed E-state index contributed by atoms with van der Waals surface area (Å²) in [6, 6.07) is 5.90. The number of aryl methyl sites for hydroxylation is 1. The van der Waals surface area contributed by atoms with Crippen molar-refractivity contribution in [2.24, 2.45) is 0 Å². The fraction of sp³-hybridized carbons (Fsp3) is 0.182. The van der Waals surface area contributed by atoms with Crippen LogP contribution in [0.4, 0.5) is 0 Å². The summed E-state index contributed by atoms with van der Waals surface area (Å²) in [5.74, 6) is 0.0477. The molecule has 12 heavy (non-hydrogen) atoms. The minimum atomic E-state index is 0.0477. The lowest BCUT2D eigenvalue weighted by Gasteiger charge is -2.20. The fourth-order valence-electron chi connectivity index (χ4n) is 1.59. The average Bonchev–Trinajstić information content (AvgIpc) is 2.05. The summed E-state index contributed by atoms with van der Waals surface area (Å²) in [6.45, 7) is 3.48. The number of fused-ring (bicyclic) bond motifs is 1. The van der Waals surface area contributed by atoms with Crippen molar-refractivity contribution in [1.29, 1.82) is 0 Å². The lowest BCUT2D eigenvalue weighted by Crippen LogP contribution is -2.13. The van der Waals surface area contributed by atoms with Gasteiger partial charge in [0.2, 0.25) is 0 Å². The Morgan fingerprint density at radius 1 is 1.42 bits per heavy atom. The summed E-state index contributed by atoms with van der Waals surface area (Å²) in [6.07, 6.45) is 3.55. The van der Waals surface area contributed by atoms with Gasteiger partial charge in [-0.1, -0.05) is 24.8 Å². The van der Waals surface area contributed by atoms with Gasteiger partial charge in [-0.3, -0.25) is 4.79 Å². The molecule has 0 aliphatic heterocycles. The maximum Gasteiger partial charge on any atom is 0.185 e. The highest BCUT2D eigenvalue weighted by Crippen LogP contribution is 2.26. The molecule has 0 saturated carbocycles. The number of ketones is 1. The highest BCUT2D eigenvalue weighted by molar-refractivity contribution is 6.05. The summed E-state index contributed by atoms with van der Waals surface area (Å²) in [7, 11) is 0. The van der Waals surface area contributed by atoms with Gasteiger partial charge < -0.3 is 0 Å². The Morgan fingerprint density at radius 2 is 2.25 bits per heavy atom. The Bertz CT molecular complexity index is 350. The van der Waals surface area contributed by atoms with E-state index in [1.165, 1.54) is 17.2 Å². The molecule has 1 aliphatic rings. The number of benzene rings is 1. The lowest BCUT2D eigenvalue weighted by molar-refractivity contribution is 0.104. The Morgan fingerprint density at radius 3 is 2.83 bits per heavy atom. The molecule has 0 heterocycles. The van der Waals surface area contributed by atoms with Crippen molar-refractivity contribution < 1.29 is 4.79 Å². The van der Waals surface area contributed by atoms with E-state index >= 15 is 0 Å². The zero-order valence-corrected chi connectivity index (χ0v) is 6.84. The molecule has 1 aromatic rings. The summed E-state index contributed by atoms with van der Waals surface area (Å²) >= 11 is 0. The van der Waals surface area contributed by atoms with Crippen molar-refractivity contribution in [3.05, 3.63) is 47.5 Å². The van der Waals surface area contributed by atoms with E-state index < -0.39 is 0 Å². The van der Waals surface area contributed by atoms with Gasteiger partial charge in [0.15, 0.2) is 5.78 Å². The van der Waals surface area contributed by atoms with Crippen molar-refractivity contribution >= 4 is 5.78 Å². The smallest absolute Gasteiger partial charge is 0.185 e. The maximum atomic E-state index is 11.3. The molecular formula is C11H10O. The van der Waals surface area contributed by atoms with E-state index in [9.17, 15) is 4.79 Å². The van der Waals surface area contributed by atoms with E-state index in [1.54, 1.807) is 0 Å². The van der Waals surface area contributed by atoms with Crippen molar-refractivity contribution in [3.63, 3.8) is 0 Å². The standard InChI is InChI=1S/C11H10O/c1-2-11(12)10-5-3-4-8-6-7-9(8)10/h2-5H,1,6-7H2. The van der Waals surface area contributed by atoms with Crippen LogP contribution in [0.1, 0.15) is 21.5 Å². The third-order valence-electron chi connectivity index (χ3n) is 2.37. The van der Waals surface area contributed by atoms with Crippen LogP contribution in [-0.2, 0) is 12.8 Å². The van der Waals surface area contributed by atoms with Crippen molar-refractivity contribution in [1.82, 2.24) is 0 Å². The fourth-order valence-corrected chi connectivity index (χ4v) is 1.59. The minimum absolute atomic E-state index is 0.0477. The molecule has 1 aliphatic carbocycles. The molecule has 0 spiro atoms. The number of carbonyl (C=O) groups is 1. The molecule has 0 bridgehead atoms. The minimum Gasteiger partial charge on any atom is -0.289 e. The highest BCUT2D eigenvalue weighted by Gasteiger charge is 2.18. The molecule has 0 amide bonds. The first-order valence-electron chi connectivity index (χ1n) is 4.10. The normalized spacial score (nSPS) is 13.0. The molecule has 0 N–H and O–H groups in total. The Hall–Kier alpha value is -1.37. The molecule has 0 saturated heterocycles. The molecule has 0 unspecified atom stereocenters. The third kappa shape index (κ3) is 0.900. The molecule has 1 nitrogen and oxygen atoms in total. The van der Waals surface area contributed by atoms with Gasteiger partial charge in [0.1, 0.15) is 0 Å². The van der Waals surface area contributed by atoms with Crippen LogP contribution >= 0.6 is 0 Å². The van der Waals surface area contributed by atoms with Gasteiger partial charge in [-0.25, -0.2) is 0 Å². The third-order valence-corrected chi connectivity index (χ3v) is 2.37. The zero-order valence-electron chi connectivity index (χ0n) is 6.84. The second-order valence-corrected chi connectivity index (χ2v) is 3.01. The topological polar surface area (TPSA) is 17.1 Å². The summed E-state index contributed by atoms with van der Waals surface area (Å²) < 4.78 is 0. The quantitative estimate of drug-likeness (QED) is 0.476. The first-order valence-corrected chi connectivity index (χ1v) is 4.10. The molecule has 1 heteroatoms. The van der Waals surface area contributed by atoms with E-state index in [0.29, 0.717) is 0 Å². The van der Waals surface area contributed by atoms with Gasteiger partial charge in [-0.15, -0.1) is 0 Å². The number of carbonyl (C=O) groups excluding carboxylic acids is 1. The molecular weight excluding hydrogens is 148 g/mol. The van der Waals surface area contributed by atoms with Gasteiger partial charge in [-0.05, 0) is 30.0 Å². The van der Waals surface area contributed by atoms with Crippen LogP contribution in [0.3, 0.4) is 0 Å². The number of rotatable bonds is 2. The van der Waals surface area contributed by atoms with Gasteiger partial charge >= 0.3 is 0 Å². The highest BCUT2D eigenvalue weighted by atomic mass is 16.1. The van der Waals surface area contributed by atoms with Crippen LogP contribution in [0.5, 0.6) is 0 Å². The van der Waals surface area contributed by atoms with Gasteiger partial charge in [0.25, 0.3) is 0 Å². The summed E-state index contributed by atoms with van der Waals surface area (Å²) in [4.78, 5) is 11.3. The Balaban J connectivity index is 2.51. The number of allylic oxidation sites excluding steroid dienone is 1. The van der Waals surface area contributed by atoms with Crippen molar-refractivity contribution in [2.45, 2.75) is 12.8 Å². The SMILES string of the molecule is C=CC(=O)c1cccc2c1CC2. The monoisotopic (exact) mass is 158 g/mol. The van der Waals surface area contributed by atoms with Crippen LogP contribution in [-0.4, -0.2) is 5.78 Å². The van der Waals surface area contributed by atoms with E-state index in [0.717, 1.165) is 18.4 Å². The van der Waals surface area contributed by atoms with Gasteiger partial charge in [0, 0.05) is 5.56 Å². The predicted molar refractivity (Wildman–Crippen MR) is 48.4 cm³/mol. The lowest BCUT2D eigenvalue weighted by atomic mass is 9.83. The van der Waals surface area contributed by atoms with E-state index in [2.05, 4.69) is 12.6 Å². The molecule has 2 rings (SSSR count). The van der Waals surface area contributed by atoms with Gasteiger partial charge in [-0.2, -0.15) is 0 Å². The molecule has 60 valence electrons. The number of hydrogen-bond donors (Lipinski definition) is 0. The second-order valence-electron chi connectivity index (χ2n) is 3.01. The van der Waals surface area contributed by atoms with Crippen molar-refractivity contribution in [3.8, 4) is 0 Å². The largest absolute Gasteiger partial charge is 0.289 e. The molecule has 1 aromatic carbocycles. The average molecular weight is 158 g/mol. The molecule has 0 atom stereocenters. The van der Waals surface area contributed by atoms with Crippen LogP contribution in [0.2, 0.25) is 0 Å². The molecule has 0 aromatic heterocycles. The Kier molecular flexibility index (Phi) is 1.58. The zero-order chi connectivity index (χ0) is 8.55.